The summed E-state index contributed by atoms with van der Waals surface area (Å²) in [6, 6.07) is 7.99. The van der Waals surface area contributed by atoms with Crippen molar-refractivity contribution in [3.05, 3.63) is 36.2 Å². The molecular formula is C11H14N2O. The number of hydrogen-bond donors (Lipinski definition) is 1. The van der Waals surface area contributed by atoms with Gasteiger partial charge in [0.15, 0.2) is 0 Å². The van der Waals surface area contributed by atoms with E-state index in [0.29, 0.717) is 6.54 Å². The monoisotopic (exact) mass is 190 g/mol. The molecule has 3 heteroatoms. The average Bonchev–Trinajstić information content (AvgIpc) is 2.77. The van der Waals surface area contributed by atoms with Gasteiger partial charge in [-0.05, 0) is 31.2 Å². The zero-order valence-electron chi connectivity index (χ0n) is 8.23. The zero-order chi connectivity index (χ0) is 9.97. The molecule has 0 aliphatic heterocycles. The number of nitrogens with zero attached hydrogens (tertiary/aromatic N) is 1. The van der Waals surface area contributed by atoms with Crippen molar-refractivity contribution in [2.24, 2.45) is 5.73 Å². The van der Waals surface area contributed by atoms with Crippen molar-refractivity contribution in [2.75, 3.05) is 6.54 Å². The van der Waals surface area contributed by atoms with E-state index in [1.165, 1.54) is 5.69 Å². The van der Waals surface area contributed by atoms with E-state index in [0.717, 1.165) is 18.0 Å². The van der Waals surface area contributed by atoms with Gasteiger partial charge in [0, 0.05) is 18.8 Å². The lowest BCUT2D eigenvalue weighted by molar-refractivity contribution is 0.570. The molecule has 2 N–H and O–H groups in total. The third-order valence-corrected chi connectivity index (χ3v) is 2.33. The summed E-state index contributed by atoms with van der Waals surface area (Å²) < 4.78 is 7.52. The molecule has 0 spiro atoms. The van der Waals surface area contributed by atoms with Crippen LogP contribution in [0.1, 0.15) is 5.69 Å². The summed E-state index contributed by atoms with van der Waals surface area (Å²) in [5, 5.41) is 0. The van der Waals surface area contributed by atoms with Gasteiger partial charge < -0.3 is 14.7 Å². The lowest BCUT2D eigenvalue weighted by Gasteiger charge is -2.07. The second-order valence-corrected chi connectivity index (χ2v) is 3.28. The van der Waals surface area contributed by atoms with Crippen LogP contribution >= 0.6 is 0 Å². The van der Waals surface area contributed by atoms with Crippen molar-refractivity contribution in [3.8, 4) is 11.5 Å². The smallest absolute Gasteiger partial charge is 0.150 e. The Morgan fingerprint density at radius 3 is 2.86 bits per heavy atom. The van der Waals surface area contributed by atoms with Gasteiger partial charge in [-0.25, -0.2) is 0 Å². The van der Waals surface area contributed by atoms with E-state index in [1.54, 1.807) is 6.26 Å². The molecule has 0 aliphatic rings. The molecule has 0 atom stereocenters. The summed E-state index contributed by atoms with van der Waals surface area (Å²) in [6.07, 6.45) is 1.68. The van der Waals surface area contributed by atoms with E-state index in [4.69, 9.17) is 10.2 Å². The van der Waals surface area contributed by atoms with Crippen LogP contribution in [-0.4, -0.2) is 11.1 Å². The van der Waals surface area contributed by atoms with E-state index < -0.39 is 0 Å². The van der Waals surface area contributed by atoms with Crippen LogP contribution < -0.4 is 5.73 Å². The van der Waals surface area contributed by atoms with E-state index in [9.17, 15) is 0 Å². The van der Waals surface area contributed by atoms with Gasteiger partial charge in [-0.15, -0.1) is 0 Å². The minimum Gasteiger partial charge on any atom is -0.463 e. The molecule has 0 fully saturated rings. The van der Waals surface area contributed by atoms with E-state index in [2.05, 4.69) is 23.6 Å². The van der Waals surface area contributed by atoms with Gasteiger partial charge in [0.2, 0.25) is 0 Å². The summed E-state index contributed by atoms with van der Waals surface area (Å²) in [6.45, 7) is 3.54. The van der Waals surface area contributed by atoms with E-state index in [1.807, 2.05) is 12.1 Å². The molecule has 2 heterocycles. The van der Waals surface area contributed by atoms with Crippen LogP contribution in [0.15, 0.2) is 34.9 Å². The Labute approximate surface area is 83.1 Å². The summed E-state index contributed by atoms with van der Waals surface area (Å²) in [4.78, 5) is 0. The van der Waals surface area contributed by atoms with Gasteiger partial charge in [0.25, 0.3) is 0 Å². The Bertz CT molecular complexity index is 401. The predicted molar refractivity (Wildman–Crippen MR) is 55.9 cm³/mol. The Hall–Kier alpha value is -1.48. The highest BCUT2D eigenvalue weighted by atomic mass is 16.3. The van der Waals surface area contributed by atoms with E-state index in [-0.39, 0.29) is 0 Å². The van der Waals surface area contributed by atoms with Crippen molar-refractivity contribution in [1.82, 2.24) is 4.57 Å². The fraction of sp³-hybridized carbons (Fsp3) is 0.273. The molecule has 2 rings (SSSR count). The quantitative estimate of drug-likeness (QED) is 0.804. The molecule has 74 valence electrons. The Morgan fingerprint density at radius 2 is 2.21 bits per heavy atom. The Morgan fingerprint density at radius 1 is 1.36 bits per heavy atom. The molecule has 0 amide bonds. The zero-order valence-corrected chi connectivity index (χ0v) is 8.23. The summed E-state index contributed by atoms with van der Waals surface area (Å²) in [7, 11) is 0. The highest BCUT2D eigenvalue weighted by Gasteiger charge is 2.08. The Balaban J connectivity index is 2.43. The topological polar surface area (TPSA) is 44.1 Å². The first-order valence-electron chi connectivity index (χ1n) is 4.73. The van der Waals surface area contributed by atoms with Gasteiger partial charge in [-0.3, -0.25) is 0 Å². The summed E-state index contributed by atoms with van der Waals surface area (Å²) in [5.41, 5.74) is 7.86. The molecule has 0 saturated heterocycles. The minimum atomic E-state index is 0.642. The second kappa shape index (κ2) is 3.72. The van der Waals surface area contributed by atoms with Crippen LogP contribution in [0.4, 0.5) is 0 Å². The van der Waals surface area contributed by atoms with Crippen LogP contribution in [-0.2, 0) is 6.54 Å². The second-order valence-electron chi connectivity index (χ2n) is 3.28. The molecule has 3 nitrogen and oxygen atoms in total. The maximum atomic E-state index is 5.56. The molecule has 14 heavy (non-hydrogen) atoms. The van der Waals surface area contributed by atoms with Crippen LogP contribution in [0.2, 0.25) is 0 Å². The van der Waals surface area contributed by atoms with Gasteiger partial charge in [-0.2, -0.15) is 0 Å². The predicted octanol–water partition coefficient (Wildman–Crippen LogP) is 2.02. The molecule has 2 aromatic heterocycles. The minimum absolute atomic E-state index is 0.642. The highest BCUT2D eigenvalue weighted by Crippen LogP contribution is 2.22. The summed E-state index contributed by atoms with van der Waals surface area (Å²) >= 11 is 0. The van der Waals surface area contributed by atoms with Gasteiger partial charge in [0.05, 0.1) is 12.0 Å². The first-order valence-corrected chi connectivity index (χ1v) is 4.73. The number of aryl methyl sites for hydroxylation is 1. The van der Waals surface area contributed by atoms with E-state index >= 15 is 0 Å². The van der Waals surface area contributed by atoms with Gasteiger partial charge in [0.1, 0.15) is 5.76 Å². The van der Waals surface area contributed by atoms with Crippen LogP contribution in [0.25, 0.3) is 11.5 Å². The average molecular weight is 190 g/mol. The van der Waals surface area contributed by atoms with Crippen molar-refractivity contribution in [2.45, 2.75) is 13.5 Å². The number of nitrogens with two attached hydrogens (primary N) is 1. The molecule has 0 aromatic carbocycles. The van der Waals surface area contributed by atoms with Crippen LogP contribution in [0, 0.1) is 6.92 Å². The molecule has 0 unspecified atom stereocenters. The third kappa shape index (κ3) is 1.46. The standard InChI is InChI=1S/C11H14N2O/c1-9-4-5-10(13(9)7-6-12)11-3-2-8-14-11/h2-5,8H,6-7,12H2,1H3. The largest absolute Gasteiger partial charge is 0.463 e. The van der Waals surface area contributed by atoms with Crippen molar-refractivity contribution < 1.29 is 4.42 Å². The van der Waals surface area contributed by atoms with Crippen LogP contribution in [0.3, 0.4) is 0 Å². The molecule has 0 saturated carbocycles. The van der Waals surface area contributed by atoms with Gasteiger partial charge in [-0.1, -0.05) is 0 Å². The van der Waals surface area contributed by atoms with Crippen molar-refractivity contribution >= 4 is 0 Å². The molecule has 0 aliphatic carbocycles. The third-order valence-electron chi connectivity index (χ3n) is 2.33. The SMILES string of the molecule is Cc1ccc(-c2ccco2)n1CCN. The number of aromatic nitrogens is 1. The number of rotatable bonds is 3. The van der Waals surface area contributed by atoms with Crippen LogP contribution in [0.5, 0.6) is 0 Å². The maximum absolute atomic E-state index is 5.56. The summed E-state index contributed by atoms with van der Waals surface area (Å²) in [5.74, 6) is 0.895. The fourth-order valence-electron chi connectivity index (χ4n) is 1.63. The van der Waals surface area contributed by atoms with Crippen molar-refractivity contribution in [3.63, 3.8) is 0 Å². The first kappa shape index (κ1) is 9.09. The molecular weight excluding hydrogens is 176 g/mol. The highest BCUT2D eigenvalue weighted by molar-refractivity contribution is 5.54. The molecule has 2 aromatic rings. The lowest BCUT2D eigenvalue weighted by Crippen LogP contribution is -2.11. The molecule has 0 bridgehead atoms. The normalized spacial score (nSPS) is 10.7. The van der Waals surface area contributed by atoms with Crippen molar-refractivity contribution in [1.29, 1.82) is 0 Å². The first-order chi connectivity index (χ1) is 6.83. The molecule has 0 radical (unpaired) electrons. The number of hydrogen-bond acceptors (Lipinski definition) is 2. The van der Waals surface area contributed by atoms with Gasteiger partial charge >= 0.3 is 0 Å². The lowest BCUT2D eigenvalue weighted by atomic mass is 10.3. The fourth-order valence-corrected chi connectivity index (χ4v) is 1.63. The maximum Gasteiger partial charge on any atom is 0.150 e. The number of furan rings is 1. The Kier molecular flexibility index (Phi) is 2.41.